The Morgan fingerprint density at radius 1 is 1.00 bits per heavy atom. The molecule has 1 unspecified atom stereocenters. The van der Waals surface area contributed by atoms with E-state index >= 15 is 0 Å². The molecule has 0 fully saturated rings. The van der Waals surface area contributed by atoms with Gasteiger partial charge in [0.2, 0.25) is 0 Å². The fourth-order valence-corrected chi connectivity index (χ4v) is 3.39. The van der Waals surface area contributed by atoms with Gasteiger partial charge in [-0.25, -0.2) is 9.59 Å². The number of hydrogen-bond donors (Lipinski definition) is 1. The number of aromatic nitrogens is 1. The number of nitrogens with zero attached hydrogens (tertiary/aromatic N) is 2. The second-order valence-corrected chi connectivity index (χ2v) is 7.88. The van der Waals surface area contributed by atoms with Gasteiger partial charge < -0.3 is 14.8 Å². The molecule has 1 aromatic heterocycles. The number of carbonyl (C=O) groups is 2. The van der Waals surface area contributed by atoms with Crippen molar-refractivity contribution < 1.29 is 19.1 Å². The fourth-order valence-electron chi connectivity index (χ4n) is 3.39. The largest absolute Gasteiger partial charge is 0.493 e. The van der Waals surface area contributed by atoms with Crippen LogP contribution in [0.25, 0.3) is 0 Å². The number of benzene rings is 2. The number of aryl methyl sites for hydroxylation is 1. The summed E-state index contributed by atoms with van der Waals surface area (Å²) in [6.07, 6.45) is 3.89. The van der Waals surface area contributed by atoms with Crippen molar-refractivity contribution in [2.75, 3.05) is 25.7 Å². The van der Waals surface area contributed by atoms with E-state index in [1.807, 2.05) is 66.9 Å². The van der Waals surface area contributed by atoms with E-state index in [9.17, 15) is 9.59 Å². The summed E-state index contributed by atoms with van der Waals surface area (Å²) < 4.78 is 10.7. The third-order valence-electron chi connectivity index (χ3n) is 5.52. The molecule has 2 amide bonds. The van der Waals surface area contributed by atoms with Crippen molar-refractivity contribution in [3.05, 3.63) is 89.7 Å². The van der Waals surface area contributed by atoms with Gasteiger partial charge in [0.15, 0.2) is 0 Å². The second-order valence-electron chi connectivity index (χ2n) is 7.88. The lowest BCUT2D eigenvalue weighted by atomic mass is 10.1. The van der Waals surface area contributed by atoms with Crippen LogP contribution < -0.4 is 15.0 Å². The van der Waals surface area contributed by atoms with Crippen LogP contribution in [0.3, 0.4) is 0 Å². The first-order valence-corrected chi connectivity index (χ1v) is 11.3. The third kappa shape index (κ3) is 7.07. The molecular weight excluding hydrogens is 430 g/mol. The Hall–Kier alpha value is -3.87. The summed E-state index contributed by atoms with van der Waals surface area (Å²) in [5.74, 6) is 0.230. The van der Waals surface area contributed by atoms with E-state index in [-0.39, 0.29) is 6.03 Å². The van der Waals surface area contributed by atoms with E-state index in [0.29, 0.717) is 13.0 Å². The number of para-hydroxylation sites is 1. The van der Waals surface area contributed by atoms with Gasteiger partial charge in [0.05, 0.1) is 13.7 Å². The van der Waals surface area contributed by atoms with E-state index in [0.717, 1.165) is 35.5 Å². The Labute approximate surface area is 200 Å². The van der Waals surface area contributed by atoms with Gasteiger partial charge >= 0.3 is 12.0 Å². The van der Waals surface area contributed by atoms with E-state index < -0.39 is 12.0 Å². The molecule has 0 bridgehead atoms. The summed E-state index contributed by atoms with van der Waals surface area (Å²) in [4.78, 5) is 30.9. The van der Waals surface area contributed by atoms with Gasteiger partial charge in [-0.3, -0.25) is 9.88 Å². The monoisotopic (exact) mass is 461 g/mol. The fraction of sp³-hybridized carbons (Fsp3) is 0.296. The molecular formula is C27H31N3O4. The van der Waals surface area contributed by atoms with Crippen LogP contribution in [-0.4, -0.2) is 43.8 Å². The van der Waals surface area contributed by atoms with Crippen LogP contribution in [0.1, 0.15) is 23.7 Å². The van der Waals surface area contributed by atoms with Gasteiger partial charge in [0.1, 0.15) is 11.8 Å². The minimum Gasteiger partial charge on any atom is -0.493 e. The molecule has 0 radical (unpaired) electrons. The Kier molecular flexibility index (Phi) is 9.03. The van der Waals surface area contributed by atoms with Gasteiger partial charge in [-0.05, 0) is 47.9 Å². The number of amides is 2. The van der Waals surface area contributed by atoms with Crippen LogP contribution >= 0.6 is 0 Å². The Morgan fingerprint density at radius 2 is 1.71 bits per heavy atom. The lowest BCUT2D eigenvalue weighted by molar-refractivity contribution is -0.142. The molecule has 1 N–H and O–H groups in total. The van der Waals surface area contributed by atoms with Crippen molar-refractivity contribution in [2.45, 2.75) is 32.2 Å². The lowest BCUT2D eigenvalue weighted by Crippen LogP contribution is -2.48. The minimum atomic E-state index is -0.812. The average Bonchev–Trinajstić information content (AvgIpc) is 2.89. The average molecular weight is 462 g/mol. The van der Waals surface area contributed by atoms with E-state index in [1.165, 1.54) is 17.6 Å². The normalized spacial score (nSPS) is 11.4. The zero-order chi connectivity index (χ0) is 24.3. The van der Waals surface area contributed by atoms with Crippen LogP contribution in [0.5, 0.6) is 5.75 Å². The first-order valence-electron chi connectivity index (χ1n) is 11.3. The Morgan fingerprint density at radius 3 is 2.32 bits per heavy atom. The van der Waals surface area contributed by atoms with E-state index in [1.54, 1.807) is 7.05 Å². The van der Waals surface area contributed by atoms with Crippen molar-refractivity contribution in [1.29, 1.82) is 0 Å². The third-order valence-corrected chi connectivity index (χ3v) is 5.52. The van der Waals surface area contributed by atoms with Crippen LogP contribution in [0.4, 0.5) is 10.5 Å². The van der Waals surface area contributed by atoms with Gasteiger partial charge in [0.25, 0.3) is 0 Å². The highest BCUT2D eigenvalue weighted by molar-refractivity contribution is 5.94. The zero-order valence-electron chi connectivity index (χ0n) is 19.9. The van der Waals surface area contributed by atoms with Crippen molar-refractivity contribution in [1.82, 2.24) is 10.3 Å². The predicted molar refractivity (Wildman–Crippen MR) is 132 cm³/mol. The first kappa shape index (κ1) is 24.8. The number of methoxy groups -OCH3 is 1. The Balaban J connectivity index is 1.54. The number of nitrogens with one attached hydrogen (secondary N) is 1. The molecule has 0 aliphatic rings. The summed E-state index contributed by atoms with van der Waals surface area (Å²) in [6.45, 7) is 2.62. The number of carbonyl (C=O) groups excluding carboxylic acids is 2. The molecule has 34 heavy (non-hydrogen) atoms. The predicted octanol–water partition coefficient (Wildman–Crippen LogP) is 4.20. The van der Waals surface area contributed by atoms with Gasteiger partial charge in [-0.2, -0.15) is 0 Å². The maximum Gasteiger partial charge on any atom is 0.328 e. The highest BCUT2D eigenvalue weighted by Crippen LogP contribution is 2.16. The number of anilines is 1. The summed E-state index contributed by atoms with van der Waals surface area (Å²) in [5, 5.41) is 2.76. The number of pyridine rings is 1. The SMILES string of the molecule is CCc1ccc(CCOc2ccc(CC(NC(=O)N(C)c3ccccc3)C(=O)OC)cc2)nc1. The molecule has 1 heterocycles. The number of urea groups is 1. The number of rotatable bonds is 10. The quantitative estimate of drug-likeness (QED) is 0.458. The molecule has 0 spiro atoms. The Bertz CT molecular complexity index is 1050. The molecule has 7 nitrogen and oxygen atoms in total. The molecule has 3 rings (SSSR count). The molecule has 3 aromatic rings. The molecule has 0 aliphatic carbocycles. The van der Waals surface area contributed by atoms with Crippen LogP contribution in [0, 0.1) is 0 Å². The topological polar surface area (TPSA) is 80.8 Å². The lowest BCUT2D eigenvalue weighted by Gasteiger charge is -2.22. The summed E-state index contributed by atoms with van der Waals surface area (Å²) in [5.41, 5.74) is 3.81. The molecule has 7 heteroatoms. The molecule has 0 aliphatic heterocycles. The number of esters is 1. The van der Waals surface area contributed by atoms with E-state index in [4.69, 9.17) is 9.47 Å². The highest BCUT2D eigenvalue weighted by Gasteiger charge is 2.24. The van der Waals surface area contributed by atoms with Crippen LogP contribution in [-0.2, 0) is 28.8 Å². The summed E-state index contributed by atoms with van der Waals surface area (Å²) in [7, 11) is 2.96. The van der Waals surface area contributed by atoms with Crippen molar-refractivity contribution >= 4 is 17.7 Å². The molecule has 0 saturated carbocycles. The molecule has 1 atom stereocenters. The maximum absolute atomic E-state index is 12.7. The summed E-state index contributed by atoms with van der Waals surface area (Å²) >= 11 is 0. The van der Waals surface area contributed by atoms with E-state index in [2.05, 4.69) is 23.3 Å². The highest BCUT2D eigenvalue weighted by atomic mass is 16.5. The zero-order valence-corrected chi connectivity index (χ0v) is 19.9. The first-order chi connectivity index (χ1) is 16.5. The van der Waals surface area contributed by atoms with Gasteiger partial charge in [0, 0.05) is 37.5 Å². The van der Waals surface area contributed by atoms with Crippen molar-refractivity contribution in [3.63, 3.8) is 0 Å². The van der Waals surface area contributed by atoms with Crippen LogP contribution in [0.15, 0.2) is 72.9 Å². The van der Waals surface area contributed by atoms with Crippen molar-refractivity contribution in [2.24, 2.45) is 0 Å². The molecule has 2 aromatic carbocycles. The van der Waals surface area contributed by atoms with Gasteiger partial charge in [-0.1, -0.05) is 43.3 Å². The standard InChI is InChI=1S/C27H31N3O4/c1-4-20-10-13-22(28-19-20)16-17-34-24-14-11-21(12-15-24)18-25(26(31)33-3)29-27(32)30(2)23-8-6-5-7-9-23/h5-15,19,25H,4,16-18H2,1-3H3,(H,29,32). The number of ether oxygens (including phenoxy) is 2. The smallest absolute Gasteiger partial charge is 0.328 e. The molecule has 178 valence electrons. The maximum atomic E-state index is 12.7. The van der Waals surface area contributed by atoms with Crippen LogP contribution in [0.2, 0.25) is 0 Å². The minimum absolute atomic E-state index is 0.301. The number of hydrogen-bond acceptors (Lipinski definition) is 5. The van der Waals surface area contributed by atoms with Crippen molar-refractivity contribution in [3.8, 4) is 5.75 Å². The summed E-state index contributed by atoms with van der Waals surface area (Å²) in [6, 6.07) is 19.6. The van der Waals surface area contributed by atoms with Gasteiger partial charge in [-0.15, -0.1) is 0 Å². The second kappa shape index (κ2) is 12.4. The molecule has 0 saturated heterocycles.